The minimum Gasteiger partial charge on any atom is -0.334 e. The van der Waals surface area contributed by atoms with E-state index in [-0.39, 0.29) is 10.8 Å². The average molecular weight is 1370 g/mol. The maximum atomic E-state index is 5.67. The molecule has 0 unspecified atom stereocenters. The quantitative estimate of drug-likeness (QED) is 0.106. The summed E-state index contributed by atoms with van der Waals surface area (Å²) in [5.74, 6) is 2.13. The van der Waals surface area contributed by atoms with Crippen LogP contribution in [0.15, 0.2) is 361 Å². The molecule has 0 amide bonds. The lowest BCUT2D eigenvalue weighted by atomic mass is 9.85. The lowest BCUT2D eigenvalue weighted by Gasteiger charge is -2.26. The van der Waals surface area contributed by atoms with Crippen LogP contribution in [0.1, 0.15) is 52.7 Å². The van der Waals surface area contributed by atoms with Crippen LogP contribution in [0.2, 0.25) is 0 Å². The van der Waals surface area contributed by atoms with Gasteiger partial charge in [-0.05, 0) is 214 Å². The zero-order valence-electron chi connectivity index (χ0n) is 59.9. The molecule has 14 aromatic carbocycles. The summed E-state index contributed by atoms with van der Waals surface area (Å²) in [7, 11) is 0. The second-order valence-electron chi connectivity index (χ2n) is 28.9. The SMILES string of the molecule is CC(C)(C)c1ccc2c(c1)c1cc(C(C)(C)C)ccc1n2-c1ccc(N(c2ccccc2)c2ccc(-c3nc(-c4ccccc4)no3)cc2)cc1.c1ccc(-c2ccc3c(c2)c2cc(-c4ccccc4)ccc2n3-c2ccc(N(c3ccccc3)c3ccc(-c4nc(-c5ccccc5)no4)cc3)cc2)cc1. The summed E-state index contributed by atoms with van der Waals surface area (Å²) < 4.78 is 16.1. The molecule has 18 aromatic rings. The van der Waals surface area contributed by atoms with E-state index in [1.807, 2.05) is 97.1 Å². The van der Waals surface area contributed by atoms with E-state index in [0.717, 1.165) is 67.8 Å². The standard InChI is InChI=1S/C50H34N4O.C46H42N4O/c1-5-13-35(14-6-1)39-23-31-47-45(33-39)46-34-40(36-15-7-2-8-16-36)24-32-48(46)54(47)44-29-27-43(28-30-44)53(41-19-11-4-12-20-41)42-25-21-38(22-26-42)50-51-49(52-55-50)37-17-9-3-10-18-37;1-45(2,3)33-19-27-41-39(29-33)40-30-34(46(4,5)6)20-28-42(40)50(41)38-25-23-37(24-26-38)49(35-15-11-8-12-16-35)36-21-17-32(18-22-36)44-47-43(48-51-44)31-13-9-7-10-14-31/h1-34H;7-30H,1-6H3. The Morgan fingerprint density at radius 3 is 0.830 bits per heavy atom. The van der Waals surface area contributed by atoms with Gasteiger partial charge in [0.2, 0.25) is 11.6 Å². The fraction of sp³-hybridized carbons (Fsp3) is 0.0833. The fourth-order valence-corrected chi connectivity index (χ4v) is 14.3. The summed E-state index contributed by atoms with van der Waals surface area (Å²) in [6.45, 7) is 13.7. The Hall–Kier alpha value is -13.4. The van der Waals surface area contributed by atoms with Crippen LogP contribution in [0.5, 0.6) is 0 Å². The summed E-state index contributed by atoms with van der Waals surface area (Å²) >= 11 is 0. The number of fused-ring (bicyclic) bond motifs is 6. The molecule has 10 heteroatoms. The summed E-state index contributed by atoms with van der Waals surface area (Å²) in [4.78, 5) is 13.9. The van der Waals surface area contributed by atoms with Crippen molar-refractivity contribution in [2.75, 3.05) is 9.80 Å². The molecule has 18 rings (SSSR count). The topological polar surface area (TPSA) is 94.2 Å². The summed E-state index contributed by atoms with van der Waals surface area (Å²) in [6.07, 6.45) is 0. The average Bonchev–Trinajstić information content (AvgIpc) is 1.59. The van der Waals surface area contributed by atoms with Gasteiger partial charge >= 0.3 is 0 Å². The van der Waals surface area contributed by atoms with Crippen molar-refractivity contribution in [1.29, 1.82) is 0 Å². The van der Waals surface area contributed by atoms with Gasteiger partial charge in [-0.2, -0.15) is 9.97 Å². The molecule has 0 saturated carbocycles. The molecule has 106 heavy (non-hydrogen) atoms. The highest BCUT2D eigenvalue weighted by molar-refractivity contribution is 6.12. The highest BCUT2D eigenvalue weighted by Gasteiger charge is 2.24. The van der Waals surface area contributed by atoms with Gasteiger partial charge in [-0.3, -0.25) is 0 Å². The number of rotatable bonds is 14. The van der Waals surface area contributed by atoms with Crippen LogP contribution >= 0.6 is 0 Å². The summed E-state index contributed by atoms with van der Waals surface area (Å²) in [6, 6.07) is 124. The first-order valence-electron chi connectivity index (χ1n) is 36.0. The predicted octanol–water partition coefficient (Wildman–Crippen LogP) is 25.9. The Balaban J connectivity index is 0.000000157. The van der Waals surface area contributed by atoms with Gasteiger partial charge in [0.15, 0.2) is 0 Å². The fourth-order valence-electron chi connectivity index (χ4n) is 14.3. The Morgan fingerprint density at radius 2 is 0.509 bits per heavy atom. The van der Waals surface area contributed by atoms with E-state index >= 15 is 0 Å². The number of aromatic nitrogens is 6. The van der Waals surface area contributed by atoms with Gasteiger partial charge in [-0.1, -0.05) is 234 Å². The summed E-state index contributed by atoms with van der Waals surface area (Å²) in [5.41, 5.74) is 24.4. The van der Waals surface area contributed by atoms with Crippen LogP contribution in [0, 0.1) is 0 Å². The minimum atomic E-state index is 0.0570. The van der Waals surface area contributed by atoms with E-state index in [1.165, 1.54) is 77.0 Å². The van der Waals surface area contributed by atoms with Crippen molar-refractivity contribution in [3.05, 3.63) is 363 Å². The molecule has 0 spiro atoms. The van der Waals surface area contributed by atoms with Crippen molar-refractivity contribution in [2.45, 2.75) is 52.4 Å². The molecule has 0 atom stereocenters. The minimum absolute atomic E-state index is 0.0570. The van der Waals surface area contributed by atoms with E-state index in [2.05, 4.69) is 336 Å². The Labute approximate surface area is 617 Å². The van der Waals surface area contributed by atoms with Crippen LogP contribution in [0.3, 0.4) is 0 Å². The van der Waals surface area contributed by atoms with Crippen LogP contribution < -0.4 is 9.80 Å². The van der Waals surface area contributed by atoms with Crippen molar-refractivity contribution in [2.24, 2.45) is 0 Å². The maximum absolute atomic E-state index is 5.67. The number of benzene rings is 14. The first kappa shape index (κ1) is 65.8. The predicted molar refractivity (Wildman–Crippen MR) is 437 cm³/mol. The van der Waals surface area contributed by atoms with Crippen molar-refractivity contribution in [3.8, 4) is 79.3 Å². The molecule has 0 saturated heterocycles. The number of nitrogens with zero attached hydrogens (tertiary/aromatic N) is 8. The Kier molecular flexibility index (Phi) is 17.2. The van der Waals surface area contributed by atoms with Crippen LogP contribution in [-0.2, 0) is 10.8 Å². The first-order chi connectivity index (χ1) is 51.8. The molecule has 10 nitrogen and oxygen atoms in total. The van der Waals surface area contributed by atoms with Gasteiger partial charge in [-0.15, -0.1) is 0 Å². The van der Waals surface area contributed by atoms with Gasteiger partial charge < -0.3 is 28.0 Å². The molecule has 0 fully saturated rings. The molecule has 0 aliphatic carbocycles. The van der Waals surface area contributed by atoms with Gasteiger partial charge in [0.25, 0.3) is 11.8 Å². The van der Waals surface area contributed by atoms with E-state index in [1.54, 1.807) is 0 Å². The molecule has 0 bridgehead atoms. The van der Waals surface area contributed by atoms with E-state index < -0.39 is 0 Å². The van der Waals surface area contributed by atoms with Crippen LogP contribution in [0.25, 0.3) is 123 Å². The van der Waals surface area contributed by atoms with Crippen molar-refractivity contribution in [1.82, 2.24) is 29.4 Å². The van der Waals surface area contributed by atoms with E-state index in [4.69, 9.17) is 9.05 Å². The number of para-hydroxylation sites is 2. The van der Waals surface area contributed by atoms with Gasteiger partial charge in [-0.25, -0.2) is 0 Å². The Bertz CT molecular complexity index is 5930. The number of hydrogen-bond acceptors (Lipinski definition) is 8. The highest BCUT2D eigenvalue weighted by atomic mass is 16.5. The highest BCUT2D eigenvalue weighted by Crippen LogP contribution is 2.44. The third-order valence-electron chi connectivity index (χ3n) is 19.9. The maximum Gasteiger partial charge on any atom is 0.258 e. The lowest BCUT2D eigenvalue weighted by Crippen LogP contribution is -2.10. The molecule has 4 heterocycles. The van der Waals surface area contributed by atoms with E-state index in [9.17, 15) is 0 Å². The molecule has 4 aromatic heterocycles. The first-order valence-corrected chi connectivity index (χ1v) is 36.0. The molecule has 0 aliphatic rings. The Morgan fingerprint density at radius 1 is 0.245 bits per heavy atom. The largest absolute Gasteiger partial charge is 0.334 e. The smallest absolute Gasteiger partial charge is 0.258 e. The third kappa shape index (κ3) is 13.0. The number of hydrogen-bond donors (Lipinski definition) is 0. The van der Waals surface area contributed by atoms with Gasteiger partial charge in [0.1, 0.15) is 0 Å². The molecular formula is C96H76N8O2. The molecule has 0 radical (unpaired) electrons. The zero-order chi connectivity index (χ0) is 71.9. The molecular weight excluding hydrogens is 1300 g/mol. The monoisotopic (exact) mass is 1370 g/mol. The van der Waals surface area contributed by atoms with Crippen molar-refractivity contribution >= 4 is 77.7 Å². The molecule has 0 aliphatic heterocycles. The summed E-state index contributed by atoms with van der Waals surface area (Å²) in [5, 5.41) is 13.5. The number of anilines is 6. The second kappa shape index (κ2) is 27.7. The van der Waals surface area contributed by atoms with Crippen molar-refractivity contribution < 1.29 is 9.05 Å². The third-order valence-corrected chi connectivity index (χ3v) is 19.9. The van der Waals surface area contributed by atoms with E-state index in [0.29, 0.717) is 23.4 Å². The molecule has 0 N–H and O–H groups in total. The molecule has 512 valence electrons. The van der Waals surface area contributed by atoms with Crippen LogP contribution in [0.4, 0.5) is 34.1 Å². The zero-order valence-corrected chi connectivity index (χ0v) is 59.9. The van der Waals surface area contributed by atoms with Gasteiger partial charge in [0, 0.05) is 89.3 Å². The second-order valence-corrected chi connectivity index (χ2v) is 28.9. The normalized spacial score (nSPS) is 11.7. The van der Waals surface area contributed by atoms with Gasteiger partial charge in [0.05, 0.1) is 22.1 Å². The van der Waals surface area contributed by atoms with Crippen molar-refractivity contribution in [3.63, 3.8) is 0 Å². The lowest BCUT2D eigenvalue weighted by molar-refractivity contribution is 0.432. The van der Waals surface area contributed by atoms with Crippen LogP contribution in [-0.4, -0.2) is 29.4 Å².